The quantitative estimate of drug-likeness (QED) is 0.390. The molecule has 8 nitrogen and oxygen atoms in total. The van der Waals surface area contributed by atoms with Gasteiger partial charge in [-0.25, -0.2) is 4.98 Å². The van der Waals surface area contributed by atoms with E-state index in [1.54, 1.807) is 12.3 Å². The Hall–Kier alpha value is -3.82. The Kier molecular flexibility index (Phi) is 5.82. The van der Waals surface area contributed by atoms with E-state index in [1.165, 1.54) is 11.3 Å². The second-order valence-electron chi connectivity index (χ2n) is 10.1. The van der Waals surface area contributed by atoms with Gasteiger partial charge in [-0.2, -0.15) is 5.10 Å². The van der Waals surface area contributed by atoms with Crippen LogP contribution in [0.2, 0.25) is 0 Å². The zero-order chi connectivity index (χ0) is 25.6. The lowest BCUT2D eigenvalue weighted by atomic mass is 10.1. The van der Waals surface area contributed by atoms with E-state index in [1.807, 2.05) is 47.4 Å². The van der Waals surface area contributed by atoms with Gasteiger partial charge in [0, 0.05) is 40.8 Å². The summed E-state index contributed by atoms with van der Waals surface area (Å²) in [4.78, 5) is 35.1. The number of hydrogen-bond donors (Lipinski definition) is 2. The molecule has 3 aromatic heterocycles. The first-order chi connectivity index (χ1) is 18.7. The predicted molar refractivity (Wildman–Crippen MR) is 146 cm³/mol. The van der Waals surface area contributed by atoms with Crippen LogP contribution < -0.4 is 10.2 Å². The lowest BCUT2D eigenvalue weighted by molar-refractivity contribution is 0.0932. The van der Waals surface area contributed by atoms with Gasteiger partial charge in [0.25, 0.3) is 11.8 Å². The van der Waals surface area contributed by atoms with Crippen molar-refractivity contribution in [2.24, 2.45) is 0 Å². The van der Waals surface area contributed by atoms with Crippen molar-refractivity contribution in [1.82, 2.24) is 20.5 Å². The summed E-state index contributed by atoms with van der Waals surface area (Å²) < 4.78 is 5.40. The molecule has 1 saturated heterocycles. The van der Waals surface area contributed by atoms with Crippen LogP contribution in [0.4, 0.5) is 5.69 Å². The first kappa shape index (κ1) is 23.3. The number of nitrogens with zero attached hydrogens (tertiary/aromatic N) is 3. The first-order valence-electron chi connectivity index (χ1n) is 13.1. The van der Waals surface area contributed by atoms with Crippen molar-refractivity contribution in [3.8, 4) is 21.7 Å². The molecule has 1 saturated carbocycles. The van der Waals surface area contributed by atoms with Crippen molar-refractivity contribution >= 4 is 28.8 Å². The molecule has 5 heterocycles. The third kappa shape index (κ3) is 4.21. The molecule has 1 atom stereocenters. The van der Waals surface area contributed by atoms with Crippen LogP contribution in [-0.4, -0.2) is 52.8 Å². The Labute approximate surface area is 224 Å². The van der Waals surface area contributed by atoms with Crippen LogP contribution in [0.25, 0.3) is 21.7 Å². The molecule has 3 aliphatic rings. The van der Waals surface area contributed by atoms with Crippen molar-refractivity contribution in [3.63, 3.8) is 0 Å². The number of ether oxygens (including phenoxy) is 1. The van der Waals surface area contributed by atoms with Crippen LogP contribution in [0.3, 0.4) is 0 Å². The van der Waals surface area contributed by atoms with Crippen molar-refractivity contribution in [2.75, 3.05) is 24.7 Å². The smallest absolute Gasteiger partial charge is 0.276 e. The van der Waals surface area contributed by atoms with Gasteiger partial charge in [-0.1, -0.05) is 24.3 Å². The molecule has 2 N–H and O–H groups in total. The summed E-state index contributed by atoms with van der Waals surface area (Å²) >= 11 is 1.49. The van der Waals surface area contributed by atoms with Crippen molar-refractivity contribution in [2.45, 2.75) is 37.6 Å². The Morgan fingerprint density at radius 3 is 2.82 bits per heavy atom. The number of anilines is 1. The number of pyridine rings is 1. The summed E-state index contributed by atoms with van der Waals surface area (Å²) in [6, 6.07) is 15.6. The summed E-state index contributed by atoms with van der Waals surface area (Å²) in [5.74, 6) is 0.309. The maximum Gasteiger partial charge on any atom is 0.276 e. The van der Waals surface area contributed by atoms with Crippen LogP contribution >= 0.6 is 11.3 Å². The molecule has 0 spiro atoms. The molecule has 0 radical (unpaired) electrons. The van der Waals surface area contributed by atoms with Gasteiger partial charge in [0.05, 0.1) is 35.1 Å². The molecule has 7 rings (SSSR count). The predicted octanol–water partition coefficient (Wildman–Crippen LogP) is 4.80. The molecule has 2 fully saturated rings. The summed E-state index contributed by atoms with van der Waals surface area (Å²) in [7, 11) is 0. The first-order valence-corrected chi connectivity index (χ1v) is 13.9. The van der Waals surface area contributed by atoms with Crippen molar-refractivity contribution < 1.29 is 14.3 Å². The van der Waals surface area contributed by atoms with Crippen LogP contribution in [-0.2, 0) is 11.2 Å². The number of H-pyrrole nitrogens is 1. The topological polar surface area (TPSA) is 100 Å². The number of fused-ring (bicyclic) bond motifs is 3. The van der Waals surface area contributed by atoms with E-state index in [0.29, 0.717) is 42.7 Å². The highest BCUT2D eigenvalue weighted by Crippen LogP contribution is 2.43. The Bertz CT molecular complexity index is 1530. The van der Waals surface area contributed by atoms with E-state index in [9.17, 15) is 9.59 Å². The zero-order valence-corrected chi connectivity index (χ0v) is 21.6. The lowest BCUT2D eigenvalue weighted by Crippen LogP contribution is -2.34. The normalized spacial score (nSPS) is 18.5. The van der Waals surface area contributed by atoms with Gasteiger partial charge in [0.15, 0.2) is 0 Å². The number of carbonyl (C=O) groups excluding carboxylic acids is 2. The minimum absolute atomic E-state index is 0.0604. The molecule has 9 heteroatoms. The van der Waals surface area contributed by atoms with E-state index in [0.717, 1.165) is 57.9 Å². The molecule has 2 aliphatic heterocycles. The lowest BCUT2D eigenvalue weighted by Gasteiger charge is -2.23. The number of hydrogen-bond acceptors (Lipinski definition) is 6. The van der Waals surface area contributed by atoms with E-state index < -0.39 is 0 Å². The minimum atomic E-state index is -0.134. The molecule has 0 unspecified atom stereocenters. The largest absolute Gasteiger partial charge is 0.379 e. The molecular formula is C29H27N5O3S. The average molecular weight is 526 g/mol. The molecule has 1 aromatic carbocycles. The van der Waals surface area contributed by atoms with Crippen LogP contribution in [0.1, 0.15) is 56.6 Å². The number of para-hydroxylation sites is 1. The maximum absolute atomic E-state index is 13.9. The van der Waals surface area contributed by atoms with E-state index >= 15 is 0 Å². The second-order valence-corrected chi connectivity index (χ2v) is 11.2. The van der Waals surface area contributed by atoms with Crippen molar-refractivity contribution in [1.29, 1.82) is 0 Å². The molecular weight excluding hydrogens is 498 g/mol. The Balaban J connectivity index is 1.19. The zero-order valence-electron chi connectivity index (χ0n) is 20.8. The maximum atomic E-state index is 13.9. The number of nitrogens with one attached hydrogen (secondary N) is 2. The third-order valence-electron chi connectivity index (χ3n) is 7.49. The standard InChI is InChI=1S/C29H27N5O3S/c35-28(31-19-11-13-37-16-19)25-14-18-10-12-34(24-7-2-1-4-20(24)27(18)38-25)29(36)23-6-3-5-22(32-23)21-15-30-33-26(21)17-8-9-17/h1-7,14-15,17,19H,8-13,16H2,(H,30,33)(H,31,35)/t19-/m1/s1. The van der Waals surface area contributed by atoms with Gasteiger partial charge >= 0.3 is 0 Å². The number of thiophene rings is 1. The minimum Gasteiger partial charge on any atom is -0.379 e. The van der Waals surface area contributed by atoms with E-state index in [4.69, 9.17) is 9.72 Å². The molecule has 38 heavy (non-hydrogen) atoms. The number of amides is 2. The molecule has 4 aromatic rings. The fraction of sp³-hybridized carbons (Fsp3) is 0.310. The Morgan fingerprint density at radius 2 is 1.97 bits per heavy atom. The summed E-state index contributed by atoms with van der Waals surface area (Å²) in [5, 5.41) is 10.4. The fourth-order valence-corrected chi connectivity index (χ4v) is 6.50. The highest BCUT2D eigenvalue weighted by molar-refractivity contribution is 7.17. The fourth-order valence-electron chi connectivity index (χ4n) is 5.35. The van der Waals surface area contributed by atoms with Crippen LogP contribution in [0.5, 0.6) is 0 Å². The molecule has 1 aliphatic carbocycles. The van der Waals surface area contributed by atoms with Gasteiger partial charge in [0.1, 0.15) is 5.69 Å². The Morgan fingerprint density at radius 1 is 1.08 bits per heavy atom. The number of aromatic amines is 1. The number of benzene rings is 1. The highest BCUT2D eigenvalue weighted by atomic mass is 32.1. The third-order valence-corrected chi connectivity index (χ3v) is 8.70. The van der Waals surface area contributed by atoms with Gasteiger partial charge in [-0.15, -0.1) is 11.3 Å². The summed E-state index contributed by atoms with van der Waals surface area (Å²) in [5.41, 5.74) is 6.12. The number of aromatic nitrogens is 3. The van der Waals surface area contributed by atoms with Crippen LogP contribution in [0, 0.1) is 0 Å². The van der Waals surface area contributed by atoms with Gasteiger partial charge in [0.2, 0.25) is 0 Å². The number of rotatable bonds is 5. The van der Waals surface area contributed by atoms with E-state index in [-0.39, 0.29) is 17.9 Å². The number of carbonyl (C=O) groups is 2. The SMILES string of the molecule is O=C(N[C@@H]1CCOC1)c1cc2c(s1)-c1ccccc1N(C(=O)c1cccc(-c3cn[nH]c3C3CC3)n1)CC2. The van der Waals surface area contributed by atoms with Crippen LogP contribution in [0.15, 0.2) is 54.7 Å². The highest BCUT2D eigenvalue weighted by Gasteiger charge is 2.31. The van der Waals surface area contributed by atoms with Gasteiger partial charge in [-0.3, -0.25) is 14.7 Å². The summed E-state index contributed by atoms with van der Waals surface area (Å²) in [6.45, 7) is 1.75. The van der Waals surface area contributed by atoms with E-state index in [2.05, 4.69) is 15.5 Å². The second kappa shape index (κ2) is 9.49. The van der Waals surface area contributed by atoms with Crippen molar-refractivity contribution in [3.05, 3.63) is 76.6 Å². The average Bonchev–Trinajstić information content (AvgIpc) is 3.30. The summed E-state index contributed by atoms with van der Waals surface area (Å²) in [6.07, 6.45) is 5.60. The molecule has 0 bridgehead atoms. The van der Waals surface area contributed by atoms with Gasteiger partial charge in [-0.05, 0) is 55.5 Å². The molecule has 2 amide bonds. The van der Waals surface area contributed by atoms with Gasteiger partial charge < -0.3 is 15.0 Å². The molecule has 192 valence electrons. The monoisotopic (exact) mass is 525 g/mol.